The summed E-state index contributed by atoms with van der Waals surface area (Å²) in [6.45, 7) is 0. The smallest absolute Gasteiger partial charge is 0.276 e. The number of nitrogens with zero attached hydrogens (tertiary/aromatic N) is 2. The van der Waals surface area contributed by atoms with Crippen LogP contribution in [-0.2, 0) is 10.0 Å². The van der Waals surface area contributed by atoms with Gasteiger partial charge in [0, 0.05) is 12.3 Å². The number of hydrogen-bond acceptors (Lipinski definition) is 6. The lowest BCUT2D eigenvalue weighted by Crippen LogP contribution is -2.11. The second-order valence-corrected chi connectivity index (χ2v) is 6.20. The molecule has 2 rings (SSSR count). The molecule has 0 unspecified atom stereocenters. The van der Waals surface area contributed by atoms with Crippen LogP contribution in [0.3, 0.4) is 0 Å². The first-order valence-electron chi connectivity index (χ1n) is 6.70. The Balaban J connectivity index is 1.99. The average Bonchev–Trinajstić information content (AvgIpc) is 2.54. The van der Waals surface area contributed by atoms with E-state index in [1.807, 2.05) is 0 Å². The monoisotopic (exact) mass is 346 g/mol. The Kier molecular flexibility index (Phi) is 5.40. The molecule has 0 bridgehead atoms. The first-order valence-corrected chi connectivity index (χ1v) is 8.24. The molecule has 124 valence electrons. The highest BCUT2D eigenvalue weighted by Gasteiger charge is 2.08. The molecular weight excluding hydrogens is 332 g/mol. The Morgan fingerprint density at radius 1 is 1.12 bits per heavy atom. The first-order chi connectivity index (χ1) is 11.4. The van der Waals surface area contributed by atoms with Crippen LogP contribution in [0.2, 0.25) is 0 Å². The number of nitro benzene ring substituents is 1. The number of nitrogens with two attached hydrogens (primary N) is 1. The summed E-state index contributed by atoms with van der Waals surface area (Å²) in [4.78, 5) is 10.4. The fourth-order valence-corrected chi connectivity index (χ4v) is 2.33. The van der Waals surface area contributed by atoms with Gasteiger partial charge in [0.15, 0.2) is 0 Å². The summed E-state index contributed by atoms with van der Waals surface area (Å²) in [6, 6.07) is 12.1. The molecule has 0 saturated carbocycles. The summed E-state index contributed by atoms with van der Waals surface area (Å²) in [5.74, 6) is 0. The zero-order valence-electron chi connectivity index (χ0n) is 12.4. The molecule has 8 nitrogen and oxygen atoms in total. The Morgan fingerprint density at radius 2 is 1.79 bits per heavy atom. The van der Waals surface area contributed by atoms with Crippen LogP contribution >= 0.6 is 0 Å². The van der Waals surface area contributed by atoms with Crippen LogP contribution in [0.25, 0.3) is 6.08 Å². The number of rotatable bonds is 6. The van der Waals surface area contributed by atoms with Gasteiger partial charge in [-0.15, -0.1) is 0 Å². The zero-order valence-corrected chi connectivity index (χ0v) is 13.2. The molecule has 24 heavy (non-hydrogen) atoms. The predicted octanol–water partition coefficient (Wildman–Crippen LogP) is 2.35. The van der Waals surface area contributed by atoms with Crippen molar-refractivity contribution in [2.75, 3.05) is 5.43 Å². The van der Waals surface area contributed by atoms with Crippen LogP contribution < -0.4 is 10.6 Å². The second kappa shape index (κ2) is 7.49. The van der Waals surface area contributed by atoms with Gasteiger partial charge in [-0.3, -0.25) is 15.5 Å². The number of primary sulfonamides is 1. The SMILES string of the molecule is NS(=O)(=O)c1ccc(NN=CC=Cc2ccccc2[N+](=O)[O-])cc1. The quantitative estimate of drug-likeness (QED) is 0.471. The molecule has 0 aliphatic heterocycles. The summed E-state index contributed by atoms with van der Waals surface area (Å²) < 4.78 is 22.2. The van der Waals surface area contributed by atoms with Gasteiger partial charge in [-0.2, -0.15) is 5.10 Å². The van der Waals surface area contributed by atoms with Crippen molar-refractivity contribution in [3.63, 3.8) is 0 Å². The average molecular weight is 346 g/mol. The van der Waals surface area contributed by atoms with Gasteiger partial charge >= 0.3 is 0 Å². The van der Waals surface area contributed by atoms with Crippen LogP contribution in [0.1, 0.15) is 5.56 Å². The fraction of sp³-hybridized carbons (Fsp3) is 0. The van der Waals surface area contributed by atoms with Crippen LogP contribution in [-0.4, -0.2) is 19.6 Å². The lowest BCUT2D eigenvalue weighted by Gasteiger charge is -2.01. The summed E-state index contributed by atoms with van der Waals surface area (Å²) in [5.41, 5.74) is 3.74. The number of benzene rings is 2. The molecule has 0 fully saturated rings. The number of sulfonamides is 1. The standard InChI is InChI=1S/C15H14N4O4S/c16-24(22,23)14-9-7-13(8-10-14)18-17-11-3-5-12-4-1-2-6-15(12)19(20)21/h1-11,18H,(H2,16,22,23). The van der Waals surface area contributed by atoms with Crippen molar-refractivity contribution in [3.8, 4) is 0 Å². The van der Waals surface area contributed by atoms with Crippen molar-refractivity contribution >= 4 is 33.7 Å². The van der Waals surface area contributed by atoms with Gasteiger partial charge in [-0.25, -0.2) is 13.6 Å². The third-order valence-electron chi connectivity index (χ3n) is 2.95. The number of hydrogen-bond donors (Lipinski definition) is 2. The third kappa shape index (κ3) is 4.73. The highest BCUT2D eigenvalue weighted by Crippen LogP contribution is 2.18. The van der Waals surface area contributed by atoms with Crippen molar-refractivity contribution in [1.82, 2.24) is 0 Å². The van der Waals surface area contributed by atoms with Crippen molar-refractivity contribution in [3.05, 3.63) is 70.3 Å². The highest BCUT2D eigenvalue weighted by molar-refractivity contribution is 7.89. The summed E-state index contributed by atoms with van der Waals surface area (Å²) in [7, 11) is -3.72. The van der Waals surface area contributed by atoms with E-state index in [0.717, 1.165) is 0 Å². The fourth-order valence-electron chi connectivity index (χ4n) is 1.82. The maximum absolute atomic E-state index is 11.1. The van der Waals surface area contributed by atoms with Crippen molar-refractivity contribution < 1.29 is 13.3 Å². The van der Waals surface area contributed by atoms with E-state index in [9.17, 15) is 18.5 Å². The number of nitrogens with one attached hydrogen (secondary N) is 1. The highest BCUT2D eigenvalue weighted by atomic mass is 32.2. The number of hydrazone groups is 1. The van der Waals surface area contributed by atoms with E-state index < -0.39 is 14.9 Å². The number of nitro groups is 1. The van der Waals surface area contributed by atoms with Gasteiger partial charge < -0.3 is 0 Å². The van der Waals surface area contributed by atoms with Crippen LogP contribution in [0, 0.1) is 10.1 Å². The van der Waals surface area contributed by atoms with Crippen LogP contribution in [0.15, 0.2) is 64.6 Å². The lowest BCUT2D eigenvalue weighted by molar-refractivity contribution is -0.385. The Labute approximate surface area is 138 Å². The maximum atomic E-state index is 11.1. The minimum Gasteiger partial charge on any atom is -0.279 e. The molecule has 0 atom stereocenters. The zero-order chi connectivity index (χ0) is 17.6. The minimum atomic E-state index is -3.72. The van der Waals surface area contributed by atoms with E-state index in [2.05, 4.69) is 10.5 Å². The van der Waals surface area contributed by atoms with E-state index in [-0.39, 0.29) is 10.6 Å². The van der Waals surface area contributed by atoms with Gasteiger partial charge in [0.1, 0.15) is 0 Å². The Hall–Kier alpha value is -3.04. The maximum Gasteiger partial charge on any atom is 0.276 e. The molecular formula is C15H14N4O4S. The minimum absolute atomic E-state index is 0.00770. The Bertz CT molecular complexity index is 890. The van der Waals surface area contributed by atoms with Crippen molar-refractivity contribution in [2.45, 2.75) is 4.90 Å². The van der Waals surface area contributed by atoms with Gasteiger partial charge in [-0.1, -0.05) is 12.1 Å². The van der Waals surface area contributed by atoms with Gasteiger partial charge in [0.25, 0.3) is 5.69 Å². The normalized spacial score (nSPS) is 11.9. The molecule has 0 aromatic heterocycles. The lowest BCUT2D eigenvalue weighted by atomic mass is 10.2. The van der Waals surface area contributed by atoms with Gasteiger partial charge in [0.05, 0.1) is 21.1 Å². The Morgan fingerprint density at radius 3 is 2.42 bits per heavy atom. The van der Waals surface area contributed by atoms with Crippen LogP contribution in [0.5, 0.6) is 0 Å². The molecule has 0 aliphatic carbocycles. The summed E-state index contributed by atoms with van der Waals surface area (Å²) in [5, 5.41) is 19.8. The molecule has 2 aromatic rings. The molecule has 3 N–H and O–H groups in total. The number of anilines is 1. The van der Waals surface area contributed by atoms with E-state index in [0.29, 0.717) is 11.3 Å². The van der Waals surface area contributed by atoms with Gasteiger partial charge in [-0.05, 0) is 42.5 Å². The van der Waals surface area contributed by atoms with E-state index in [4.69, 9.17) is 5.14 Å². The number of allylic oxidation sites excluding steroid dienone is 1. The van der Waals surface area contributed by atoms with E-state index in [1.165, 1.54) is 36.5 Å². The molecule has 0 radical (unpaired) electrons. The molecule has 2 aromatic carbocycles. The van der Waals surface area contributed by atoms with E-state index in [1.54, 1.807) is 30.4 Å². The summed E-state index contributed by atoms with van der Waals surface area (Å²) >= 11 is 0. The predicted molar refractivity (Wildman–Crippen MR) is 92.1 cm³/mol. The van der Waals surface area contributed by atoms with Crippen molar-refractivity contribution in [1.29, 1.82) is 0 Å². The summed E-state index contributed by atoms with van der Waals surface area (Å²) in [6.07, 6.45) is 4.53. The molecule has 0 saturated heterocycles. The van der Waals surface area contributed by atoms with Crippen LogP contribution in [0.4, 0.5) is 11.4 Å². The topological polar surface area (TPSA) is 128 Å². The molecule has 0 heterocycles. The molecule has 0 amide bonds. The van der Waals surface area contributed by atoms with E-state index >= 15 is 0 Å². The second-order valence-electron chi connectivity index (χ2n) is 4.63. The van der Waals surface area contributed by atoms with Gasteiger partial charge in [0.2, 0.25) is 10.0 Å². The molecule has 9 heteroatoms. The third-order valence-corrected chi connectivity index (χ3v) is 3.88. The first kappa shape index (κ1) is 17.3. The molecule has 0 aliphatic rings. The largest absolute Gasteiger partial charge is 0.279 e. The molecule has 0 spiro atoms. The van der Waals surface area contributed by atoms with Crippen molar-refractivity contribution in [2.24, 2.45) is 10.2 Å². The number of para-hydroxylation sites is 1.